The van der Waals surface area contributed by atoms with Crippen LogP contribution in [0.1, 0.15) is 17.3 Å². The second kappa shape index (κ2) is 6.62. The van der Waals surface area contributed by atoms with Gasteiger partial charge >= 0.3 is 0 Å². The van der Waals surface area contributed by atoms with Crippen molar-refractivity contribution < 1.29 is 9.32 Å². The highest BCUT2D eigenvalue weighted by molar-refractivity contribution is 6.30. The number of nitrogens with zero attached hydrogens (tertiary/aromatic N) is 2. The summed E-state index contributed by atoms with van der Waals surface area (Å²) < 4.78 is 5.33. The predicted octanol–water partition coefficient (Wildman–Crippen LogP) is 3.81. The molecule has 1 amide bonds. The van der Waals surface area contributed by atoms with Crippen molar-refractivity contribution in [3.63, 3.8) is 0 Å². The van der Waals surface area contributed by atoms with Crippen LogP contribution in [0.15, 0.2) is 53.1 Å². The average molecular weight is 328 g/mol. The molecule has 2 aromatic carbocycles. The van der Waals surface area contributed by atoms with E-state index in [4.69, 9.17) is 16.1 Å². The van der Waals surface area contributed by atoms with Crippen LogP contribution in [0.25, 0.3) is 22.8 Å². The Morgan fingerprint density at radius 1 is 1.17 bits per heavy atom. The van der Waals surface area contributed by atoms with Crippen LogP contribution in [-0.2, 0) is 0 Å². The van der Waals surface area contributed by atoms with Gasteiger partial charge in [0, 0.05) is 17.1 Å². The van der Waals surface area contributed by atoms with Crippen LogP contribution >= 0.6 is 11.6 Å². The van der Waals surface area contributed by atoms with Crippen molar-refractivity contribution in [2.24, 2.45) is 0 Å². The third-order valence-electron chi connectivity index (χ3n) is 3.27. The zero-order valence-electron chi connectivity index (χ0n) is 12.4. The molecular weight excluding hydrogens is 314 g/mol. The molecule has 5 nitrogen and oxygen atoms in total. The van der Waals surface area contributed by atoms with E-state index in [1.165, 1.54) is 0 Å². The van der Waals surface area contributed by atoms with Gasteiger partial charge in [-0.25, -0.2) is 0 Å². The van der Waals surface area contributed by atoms with Crippen LogP contribution in [-0.4, -0.2) is 22.6 Å². The lowest BCUT2D eigenvalue weighted by atomic mass is 10.1. The summed E-state index contributed by atoms with van der Waals surface area (Å²) in [5, 5.41) is 7.39. The minimum absolute atomic E-state index is 0.172. The highest BCUT2D eigenvalue weighted by atomic mass is 35.5. The monoisotopic (exact) mass is 327 g/mol. The summed E-state index contributed by atoms with van der Waals surface area (Å²) in [5.41, 5.74) is 1.90. The molecule has 0 spiro atoms. The molecule has 0 atom stereocenters. The molecule has 0 saturated carbocycles. The molecule has 0 aliphatic carbocycles. The Morgan fingerprint density at radius 2 is 1.91 bits per heavy atom. The quantitative estimate of drug-likeness (QED) is 0.791. The van der Waals surface area contributed by atoms with E-state index in [1.54, 1.807) is 30.3 Å². The van der Waals surface area contributed by atoms with Gasteiger partial charge in [0.15, 0.2) is 0 Å². The van der Waals surface area contributed by atoms with Crippen molar-refractivity contribution in [2.75, 3.05) is 6.54 Å². The van der Waals surface area contributed by atoms with Crippen LogP contribution in [0, 0.1) is 0 Å². The summed E-state index contributed by atoms with van der Waals surface area (Å²) in [7, 11) is 0. The maximum atomic E-state index is 12.1. The normalized spacial score (nSPS) is 10.5. The molecule has 1 N–H and O–H groups in total. The van der Waals surface area contributed by atoms with Crippen LogP contribution in [0.3, 0.4) is 0 Å². The third-order valence-corrected chi connectivity index (χ3v) is 3.52. The second-order valence-corrected chi connectivity index (χ2v) is 5.27. The standard InChI is InChI=1S/C17H14ClN3O2/c1-2-19-16(22)13-5-3-4-6-14(13)17-20-15(21-23-17)11-7-9-12(18)10-8-11/h3-10H,2H2,1H3,(H,19,22). The van der Waals surface area contributed by atoms with Gasteiger partial charge in [-0.2, -0.15) is 4.98 Å². The summed E-state index contributed by atoms with van der Waals surface area (Å²) in [4.78, 5) is 16.5. The Morgan fingerprint density at radius 3 is 2.65 bits per heavy atom. The second-order valence-electron chi connectivity index (χ2n) is 4.84. The first-order chi connectivity index (χ1) is 11.2. The number of nitrogens with one attached hydrogen (secondary N) is 1. The zero-order chi connectivity index (χ0) is 16.2. The molecule has 0 saturated heterocycles. The van der Waals surface area contributed by atoms with E-state index < -0.39 is 0 Å². The summed E-state index contributed by atoms with van der Waals surface area (Å²) in [6, 6.07) is 14.3. The molecule has 0 unspecified atom stereocenters. The highest BCUT2D eigenvalue weighted by Crippen LogP contribution is 2.25. The Labute approximate surface area is 138 Å². The van der Waals surface area contributed by atoms with Gasteiger partial charge in [-0.05, 0) is 43.3 Å². The molecule has 1 heterocycles. The molecule has 3 aromatic rings. The van der Waals surface area contributed by atoms with Gasteiger partial charge in [0.2, 0.25) is 5.82 Å². The van der Waals surface area contributed by atoms with Crippen molar-refractivity contribution in [3.8, 4) is 22.8 Å². The minimum atomic E-state index is -0.172. The molecule has 3 rings (SSSR count). The molecule has 0 bridgehead atoms. The summed E-state index contributed by atoms with van der Waals surface area (Å²) in [6.07, 6.45) is 0. The van der Waals surface area contributed by atoms with Crippen molar-refractivity contribution in [2.45, 2.75) is 6.92 Å². The molecular formula is C17H14ClN3O2. The Bertz CT molecular complexity index is 828. The van der Waals surface area contributed by atoms with Crippen LogP contribution < -0.4 is 5.32 Å². The fourth-order valence-electron chi connectivity index (χ4n) is 2.17. The number of benzene rings is 2. The molecule has 116 valence electrons. The van der Waals surface area contributed by atoms with E-state index in [1.807, 2.05) is 25.1 Å². The first-order valence-electron chi connectivity index (χ1n) is 7.16. The Balaban J connectivity index is 1.98. The van der Waals surface area contributed by atoms with Gasteiger partial charge in [0.05, 0.1) is 11.1 Å². The maximum Gasteiger partial charge on any atom is 0.259 e. The number of hydrogen-bond donors (Lipinski definition) is 1. The van der Waals surface area contributed by atoms with E-state index >= 15 is 0 Å². The number of carbonyl (C=O) groups is 1. The number of amides is 1. The maximum absolute atomic E-state index is 12.1. The number of halogens is 1. The summed E-state index contributed by atoms with van der Waals surface area (Å²) in [5.74, 6) is 0.577. The van der Waals surface area contributed by atoms with Crippen LogP contribution in [0.5, 0.6) is 0 Å². The SMILES string of the molecule is CCNC(=O)c1ccccc1-c1nc(-c2ccc(Cl)cc2)no1. The van der Waals surface area contributed by atoms with Gasteiger partial charge in [0.25, 0.3) is 11.8 Å². The van der Waals surface area contributed by atoms with E-state index in [0.29, 0.717) is 34.4 Å². The van der Waals surface area contributed by atoms with Crippen molar-refractivity contribution >= 4 is 17.5 Å². The fraction of sp³-hybridized carbons (Fsp3) is 0.118. The predicted molar refractivity (Wildman–Crippen MR) is 88.2 cm³/mol. The van der Waals surface area contributed by atoms with Crippen molar-refractivity contribution in [1.82, 2.24) is 15.5 Å². The summed E-state index contributed by atoms with van der Waals surface area (Å²) in [6.45, 7) is 2.42. The van der Waals surface area contributed by atoms with E-state index in [-0.39, 0.29) is 5.91 Å². The number of hydrogen-bond acceptors (Lipinski definition) is 4. The molecule has 1 aromatic heterocycles. The molecule has 23 heavy (non-hydrogen) atoms. The van der Waals surface area contributed by atoms with Crippen molar-refractivity contribution in [3.05, 3.63) is 59.1 Å². The topological polar surface area (TPSA) is 68.0 Å². The van der Waals surface area contributed by atoms with Gasteiger partial charge in [-0.1, -0.05) is 28.9 Å². The lowest BCUT2D eigenvalue weighted by Crippen LogP contribution is -2.23. The lowest BCUT2D eigenvalue weighted by molar-refractivity contribution is 0.0956. The molecule has 6 heteroatoms. The Hall–Kier alpha value is -2.66. The van der Waals surface area contributed by atoms with Gasteiger partial charge in [0.1, 0.15) is 0 Å². The van der Waals surface area contributed by atoms with Crippen LogP contribution in [0.4, 0.5) is 0 Å². The van der Waals surface area contributed by atoms with Gasteiger partial charge in [-0.15, -0.1) is 0 Å². The van der Waals surface area contributed by atoms with Crippen molar-refractivity contribution in [1.29, 1.82) is 0 Å². The first kappa shape index (κ1) is 15.2. The largest absolute Gasteiger partial charge is 0.352 e. The van der Waals surface area contributed by atoms with E-state index in [2.05, 4.69) is 15.5 Å². The van der Waals surface area contributed by atoms with E-state index in [0.717, 1.165) is 5.56 Å². The molecule has 0 fully saturated rings. The number of aromatic nitrogens is 2. The molecule has 0 aliphatic heterocycles. The highest BCUT2D eigenvalue weighted by Gasteiger charge is 2.17. The fourth-order valence-corrected chi connectivity index (χ4v) is 2.30. The zero-order valence-corrected chi connectivity index (χ0v) is 13.2. The van der Waals surface area contributed by atoms with Gasteiger partial charge in [-0.3, -0.25) is 4.79 Å². The number of carbonyl (C=O) groups excluding carboxylic acids is 1. The first-order valence-corrected chi connectivity index (χ1v) is 7.54. The molecule has 0 radical (unpaired) electrons. The number of rotatable bonds is 4. The lowest BCUT2D eigenvalue weighted by Gasteiger charge is -2.05. The minimum Gasteiger partial charge on any atom is -0.352 e. The summed E-state index contributed by atoms with van der Waals surface area (Å²) >= 11 is 5.88. The molecule has 0 aliphatic rings. The third kappa shape index (κ3) is 3.24. The smallest absolute Gasteiger partial charge is 0.259 e. The van der Waals surface area contributed by atoms with Gasteiger partial charge < -0.3 is 9.84 Å². The van der Waals surface area contributed by atoms with E-state index in [9.17, 15) is 4.79 Å². The average Bonchev–Trinajstić information content (AvgIpc) is 3.05. The Kier molecular flexibility index (Phi) is 4.39. The van der Waals surface area contributed by atoms with Crippen LogP contribution in [0.2, 0.25) is 5.02 Å².